The Hall–Kier alpha value is -1.14. The van der Waals surface area contributed by atoms with Crippen molar-refractivity contribution in [2.75, 3.05) is 6.54 Å². The Kier molecular flexibility index (Phi) is 4.76. The van der Waals surface area contributed by atoms with E-state index in [2.05, 4.69) is 44.4 Å². The summed E-state index contributed by atoms with van der Waals surface area (Å²) in [6.07, 6.45) is 2.99. The molecule has 6 heteroatoms. The topological polar surface area (TPSA) is 47.7 Å². The molecular formula is C13H20BrN5. The van der Waals surface area contributed by atoms with Crippen LogP contribution >= 0.6 is 15.9 Å². The maximum Gasteiger partial charge on any atom is 0.0843 e. The van der Waals surface area contributed by atoms with E-state index in [0.29, 0.717) is 0 Å². The molecule has 2 aromatic heterocycles. The first kappa shape index (κ1) is 14.3. The first-order chi connectivity index (χ1) is 9.13. The minimum Gasteiger partial charge on any atom is -0.311 e. The predicted molar refractivity (Wildman–Crippen MR) is 79.0 cm³/mol. The first-order valence-electron chi connectivity index (χ1n) is 6.52. The summed E-state index contributed by atoms with van der Waals surface area (Å²) >= 11 is 3.60. The Balaban J connectivity index is 2.13. The Labute approximate surface area is 122 Å². The standard InChI is InChI=1S/C13H20BrN5/c1-4-6-15-8-11-5-7-16-19(11)9-12-13(14)10(2)17-18(12)3/h5,7,15H,4,6,8-9H2,1-3H3. The van der Waals surface area contributed by atoms with Crippen molar-refractivity contribution < 1.29 is 0 Å². The van der Waals surface area contributed by atoms with E-state index >= 15 is 0 Å². The molecule has 0 radical (unpaired) electrons. The highest BCUT2D eigenvalue weighted by Crippen LogP contribution is 2.21. The number of hydrogen-bond acceptors (Lipinski definition) is 3. The van der Waals surface area contributed by atoms with Gasteiger partial charge < -0.3 is 5.32 Å². The van der Waals surface area contributed by atoms with Crippen molar-refractivity contribution in [3.8, 4) is 0 Å². The minimum atomic E-state index is 0.730. The maximum absolute atomic E-state index is 4.41. The Morgan fingerprint density at radius 1 is 1.42 bits per heavy atom. The monoisotopic (exact) mass is 325 g/mol. The molecule has 0 spiro atoms. The van der Waals surface area contributed by atoms with E-state index in [1.54, 1.807) is 0 Å². The SMILES string of the molecule is CCCNCc1ccnn1Cc1c(Br)c(C)nn1C. The van der Waals surface area contributed by atoms with Gasteiger partial charge in [0.25, 0.3) is 0 Å². The van der Waals surface area contributed by atoms with Crippen LogP contribution in [0.3, 0.4) is 0 Å². The molecule has 104 valence electrons. The molecule has 0 fully saturated rings. The summed E-state index contributed by atoms with van der Waals surface area (Å²) in [5.41, 5.74) is 3.34. The number of nitrogens with one attached hydrogen (secondary N) is 1. The lowest BCUT2D eigenvalue weighted by Gasteiger charge is -2.09. The number of halogens is 1. The minimum absolute atomic E-state index is 0.730. The van der Waals surface area contributed by atoms with E-state index in [1.807, 2.05) is 29.5 Å². The van der Waals surface area contributed by atoms with Crippen LogP contribution in [0, 0.1) is 6.92 Å². The van der Waals surface area contributed by atoms with Gasteiger partial charge in [-0.25, -0.2) is 0 Å². The van der Waals surface area contributed by atoms with Gasteiger partial charge in [-0.3, -0.25) is 9.36 Å². The molecule has 2 aromatic rings. The lowest BCUT2D eigenvalue weighted by molar-refractivity contribution is 0.567. The van der Waals surface area contributed by atoms with Crippen LogP contribution in [-0.4, -0.2) is 26.1 Å². The van der Waals surface area contributed by atoms with Gasteiger partial charge in [-0.1, -0.05) is 6.92 Å². The second kappa shape index (κ2) is 6.34. The highest BCUT2D eigenvalue weighted by atomic mass is 79.9. The van der Waals surface area contributed by atoms with Gasteiger partial charge in [-0.2, -0.15) is 10.2 Å². The van der Waals surface area contributed by atoms with E-state index in [9.17, 15) is 0 Å². The highest BCUT2D eigenvalue weighted by molar-refractivity contribution is 9.10. The summed E-state index contributed by atoms with van der Waals surface area (Å²) in [6, 6.07) is 2.06. The maximum atomic E-state index is 4.41. The largest absolute Gasteiger partial charge is 0.311 e. The third-order valence-corrected chi connectivity index (χ3v) is 4.13. The third-order valence-electron chi connectivity index (χ3n) is 3.10. The molecule has 5 nitrogen and oxygen atoms in total. The van der Waals surface area contributed by atoms with Gasteiger partial charge >= 0.3 is 0 Å². The van der Waals surface area contributed by atoms with Gasteiger partial charge in [0.15, 0.2) is 0 Å². The summed E-state index contributed by atoms with van der Waals surface area (Å²) in [5, 5.41) is 12.2. The molecule has 0 saturated heterocycles. The van der Waals surface area contributed by atoms with Crippen LogP contribution in [0.2, 0.25) is 0 Å². The zero-order valence-corrected chi connectivity index (χ0v) is 13.2. The van der Waals surface area contributed by atoms with E-state index in [0.717, 1.165) is 41.9 Å². The zero-order valence-electron chi connectivity index (χ0n) is 11.6. The molecule has 0 saturated carbocycles. The second-order valence-corrected chi connectivity index (χ2v) is 5.42. The molecule has 0 aliphatic heterocycles. The fourth-order valence-electron chi connectivity index (χ4n) is 2.04. The second-order valence-electron chi connectivity index (χ2n) is 4.63. The van der Waals surface area contributed by atoms with Gasteiger partial charge in [0, 0.05) is 19.8 Å². The molecular weight excluding hydrogens is 306 g/mol. The Morgan fingerprint density at radius 3 is 2.84 bits per heavy atom. The van der Waals surface area contributed by atoms with Crippen molar-refractivity contribution in [2.45, 2.75) is 33.4 Å². The summed E-state index contributed by atoms with van der Waals surface area (Å²) in [6.45, 7) is 6.77. The van der Waals surface area contributed by atoms with Crippen LogP contribution in [0.1, 0.15) is 30.4 Å². The summed E-state index contributed by atoms with van der Waals surface area (Å²) in [5.74, 6) is 0. The first-order valence-corrected chi connectivity index (χ1v) is 7.32. The average molecular weight is 326 g/mol. The van der Waals surface area contributed by atoms with Gasteiger partial charge in [0.1, 0.15) is 0 Å². The molecule has 0 unspecified atom stereocenters. The molecule has 2 heterocycles. The molecule has 0 aliphatic rings. The number of rotatable bonds is 6. The van der Waals surface area contributed by atoms with E-state index in [1.165, 1.54) is 5.69 Å². The molecule has 0 atom stereocenters. The molecule has 19 heavy (non-hydrogen) atoms. The summed E-state index contributed by atoms with van der Waals surface area (Å²) < 4.78 is 4.99. The third kappa shape index (κ3) is 3.25. The molecule has 0 amide bonds. The highest BCUT2D eigenvalue weighted by Gasteiger charge is 2.12. The molecule has 0 aliphatic carbocycles. The van der Waals surface area contributed by atoms with Crippen LogP contribution in [0.4, 0.5) is 0 Å². The van der Waals surface area contributed by atoms with Crippen molar-refractivity contribution in [1.29, 1.82) is 0 Å². The molecule has 0 bridgehead atoms. The van der Waals surface area contributed by atoms with Gasteiger partial charge in [0.05, 0.1) is 28.1 Å². The molecule has 1 N–H and O–H groups in total. The van der Waals surface area contributed by atoms with Crippen LogP contribution < -0.4 is 5.32 Å². The van der Waals surface area contributed by atoms with Crippen LogP contribution in [-0.2, 0) is 20.1 Å². The summed E-state index contributed by atoms with van der Waals surface area (Å²) in [4.78, 5) is 0. The van der Waals surface area contributed by atoms with Gasteiger partial charge in [0.2, 0.25) is 0 Å². The van der Waals surface area contributed by atoms with Gasteiger partial charge in [-0.05, 0) is 41.9 Å². The lowest BCUT2D eigenvalue weighted by Crippen LogP contribution is -2.18. The zero-order chi connectivity index (χ0) is 13.8. The van der Waals surface area contributed by atoms with E-state index in [4.69, 9.17) is 0 Å². The van der Waals surface area contributed by atoms with E-state index < -0.39 is 0 Å². The average Bonchev–Trinajstić information content (AvgIpc) is 2.91. The number of aryl methyl sites for hydroxylation is 2. The Bertz CT molecular complexity index is 543. The predicted octanol–water partition coefficient (Wildman–Crippen LogP) is 2.24. The van der Waals surface area contributed by atoms with Crippen LogP contribution in [0.5, 0.6) is 0 Å². The van der Waals surface area contributed by atoms with Crippen molar-refractivity contribution in [3.63, 3.8) is 0 Å². The summed E-state index contributed by atoms with van der Waals surface area (Å²) in [7, 11) is 1.96. The van der Waals surface area contributed by atoms with Crippen molar-refractivity contribution in [2.24, 2.45) is 7.05 Å². The van der Waals surface area contributed by atoms with Crippen molar-refractivity contribution in [1.82, 2.24) is 24.9 Å². The van der Waals surface area contributed by atoms with E-state index in [-0.39, 0.29) is 0 Å². The van der Waals surface area contributed by atoms with Crippen LogP contribution in [0.15, 0.2) is 16.7 Å². The Morgan fingerprint density at radius 2 is 2.21 bits per heavy atom. The van der Waals surface area contributed by atoms with Crippen LogP contribution in [0.25, 0.3) is 0 Å². The quantitative estimate of drug-likeness (QED) is 0.828. The molecule has 0 aromatic carbocycles. The fourth-order valence-corrected chi connectivity index (χ4v) is 2.50. The number of hydrogen-bond donors (Lipinski definition) is 1. The fraction of sp³-hybridized carbons (Fsp3) is 0.538. The number of aromatic nitrogens is 4. The lowest BCUT2D eigenvalue weighted by atomic mass is 10.3. The van der Waals surface area contributed by atoms with Gasteiger partial charge in [-0.15, -0.1) is 0 Å². The van der Waals surface area contributed by atoms with Crippen molar-refractivity contribution in [3.05, 3.63) is 33.8 Å². The number of nitrogens with zero attached hydrogens (tertiary/aromatic N) is 4. The van der Waals surface area contributed by atoms with Crippen molar-refractivity contribution >= 4 is 15.9 Å². The molecule has 2 rings (SSSR count). The normalized spacial score (nSPS) is 11.2. The smallest absolute Gasteiger partial charge is 0.0843 e.